The van der Waals surface area contributed by atoms with E-state index in [1.807, 2.05) is 35.7 Å². The van der Waals surface area contributed by atoms with Crippen LogP contribution in [0.1, 0.15) is 30.4 Å². The van der Waals surface area contributed by atoms with Gasteiger partial charge in [0.05, 0.1) is 32.5 Å². The van der Waals surface area contributed by atoms with E-state index in [9.17, 15) is 5.11 Å². The van der Waals surface area contributed by atoms with Gasteiger partial charge in [-0.05, 0) is 73.4 Å². The largest absolute Gasteiger partial charge is 0.493 e. The van der Waals surface area contributed by atoms with Crippen LogP contribution in [0.4, 0.5) is 0 Å². The Balaban J connectivity index is 1.55. The Kier molecular flexibility index (Phi) is 10.6. The van der Waals surface area contributed by atoms with Gasteiger partial charge >= 0.3 is 0 Å². The fourth-order valence-corrected chi connectivity index (χ4v) is 8.01. The molecule has 2 unspecified atom stereocenters. The summed E-state index contributed by atoms with van der Waals surface area (Å²) in [7, 11) is 6.64. The maximum Gasteiger partial charge on any atom is 0.161 e. The lowest BCUT2D eigenvalue weighted by Gasteiger charge is -2.40. The third-order valence-electron chi connectivity index (χ3n) is 6.04. The SMILES string of the molecule is COc1ccc(CCCNCC2CCSC(CCO)(c3ccc(OC)c(OC)c3)S2)cc1OC. The van der Waals surface area contributed by atoms with E-state index in [-0.39, 0.29) is 10.7 Å². The van der Waals surface area contributed by atoms with Gasteiger partial charge in [-0.15, -0.1) is 23.5 Å². The molecular formula is C26H37NO5S2. The minimum Gasteiger partial charge on any atom is -0.493 e. The van der Waals surface area contributed by atoms with Crippen LogP contribution >= 0.6 is 23.5 Å². The van der Waals surface area contributed by atoms with Crippen LogP contribution in [-0.4, -0.2) is 64.2 Å². The van der Waals surface area contributed by atoms with Crippen molar-refractivity contribution < 1.29 is 24.1 Å². The first-order valence-corrected chi connectivity index (χ1v) is 13.5. The van der Waals surface area contributed by atoms with Crippen molar-refractivity contribution in [3.63, 3.8) is 0 Å². The van der Waals surface area contributed by atoms with E-state index in [4.69, 9.17) is 18.9 Å². The maximum atomic E-state index is 9.87. The van der Waals surface area contributed by atoms with Crippen LogP contribution in [-0.2, 0) is 10.5 Å². The topological polar surface area (TPSA) is 69.2 Å². The van der Waals surface area contributed by atoms with Gasteiger partial charge in [0.2, 0.25) is 0 Å². The zero-order valence-electron chi connectivity index (χ0n) is 20.6. The molecule has 1 saturated heterocycles. The minimum absolute atomic E-state index is 0.153. The number of aryl methyl sites for hydroxylation is 1. The van der Waals surface area contributed by atoms with Gasteiger partial charge in [-0.2, -0.15) is 0 Å². The molecule has 0 radical (unpaired) electrons. The van der Waals surface area contributed by atoms with E-state index in [0.29, 0.717) is 11.7 Å². The fourth-order valence-electron chi connectivity index (χ4n) is 4.22. The average Bonchev–Trinajstić information content (AvgIpc) is 2.88. The standard InChI is InChI=1S/C26H37NO5S2/c1-29-22-9-7-19(16-24(22)31-3)6-5-13-27-18-21-11-15-33-26(34-21,12-14-28)20-8-10-23(30-2)25(17-20)32-4/h7-10,16-17,21,27-28H,5-6,11-15,18H2,1-4H3. The highest BCUT2D eigenvalue weighted by molar-refractivity contribution is 8.18. The van der Waals surface area contributed by atoms with E-state index in [1.54, 1.807) is 28.4 Å². The first-order valence-electron chi connectivity index (χ1n) is 11.7. The van der Waals surface area contributed by atoms with Gasteiger partial charge in [0, 0.05) is 18.4 Å². The number of hydrogen-bond acceptors (Lipinski definition) is 8. The lowest BCUT2D eigenvalue weighted by molar-refractivity contribution is 0.283. The van der Waals surface area contributed by atoms with Crippen LogP contribution in [0.5, 0.6) is 23.0 Å². The molecule has 1 aliphatic rings. The van der Waals surface area contributed by atoms with Crippen molar-refractivity contribution in [3.8, 4) is 23.0 Å². The van der Waals surface area contributed by atoms with Gasteiger partial charge in [-0.1, -0.05) is 12.1 Å². The molecular weight excluding hydrogens is 470 g/mol. The number of aliphatic hydroxyl groups is 1. The van der Waals surface area contributed by atoms with E-state index < -0.39 is 0 Å². The summed E-state index contributed by atoms with van der Waals surface area (Å²) in [6.07, 6.45) is 3.90. The number of thioether (sulfide) groups is 2. The summed E-state index contributed by atoms with van der Waals surface area (Å²) in [5, 5.41) is 14.0. The molecule has 6 nitrogen and oxygen atoms in total. The van der Waals surface area contributed by atoms with E-state index in [0.717, 1.165) is 61.1 Å². The quantitative estimate of drug-likeness (QED) is 0.378. The molecule has 3 rings (SSSR count). The first kappa shape index (κ1) is 26.9. The predicted octanol–water partition coefficient (Wildman–Crippen LogP) is 4.72. The molecule has 2 aromatic rings. The summed E-state index contributed by atoms with van der Waals surface area (Å²) < 4.78 is 21.5. The number of aliphatic hydroxyl groups excluding tert-OH is 1. The minimum atomic E-state index is -0.182. The average molecular weight is 508 g/mol. The second kappa shape index (κ2) is 13.4. The molecule has 0 bridgehead atoms. The van der Waals surface area contributed by atoms with Crippen LogP contribution in [0.25, 0.3) is 0 Å². The van der Waals surface area contributed by atoms with Crippen molar-refractivity contribution in [2.45, 2.75) is 35.0 Å². The molecule has 0 aliphatic carbocycles. The lowest BCUT2D eigenvalue weighted by atomic mass is 10.1. The molecule has 0 amide bonds. The van der Waals surface area contributed by atoms with E-state index in [1.165, 1.54) is 11.1 Å². The van der Waals surface area contributed by atoms with Gasteiger partial charge in [-0.25, -0.2) is 0 Å². The van der Waals surface area contributed by atoms with E-state index >= 15 is 0 Å². The molecule has 0 saturated carbocycles. The monoisotopic (exact) mass is 507 g/mol. The van der Waals surface area contributed by atoms with Crippen LogP contribution < -0.4 is 24.3 Å². The van der Waals surface area contributed by atoms with Crippen molar-refractivity contribution >= 4 is 23.5 Å². The van der Waals surface area contributed by atoms with Crippen LogP contribution in [0, 0.1) is 0 Å². The number of methoxy groups -OCH3 is 4. The molecule has 1 heterocycles. The number of benzene rings is 2. The molecule has 34 heavy (non-hydrogen) atoms. The summed E-state index contributed by atoms with van der Waals surface area (Å²) >= 11 is 3.90. The normalized spacial score (nSPS) is 20.1. The Morgan fingerprint density at radius 1 is 0.941 bits per heavy atom. The Morgan fingerprint density at radius 2 is 1.62 bits per heavy atom. The smallest absolute Gasteiger partial charge is 0.161 e. The molecule has 1 aliphatic heterocycles. The Bertz CT molecular complexity index is 909. The van der Waals surface area contributed by atoms with Gasteiger partial charge in [0.25, 0.3) is 0 Å². The van der Waals surface area contributed by atoms with Crippen molar-refractivity contribution in [2.24, 2.45) is 0 Å². The maximum absolute atomic E-state index is 9.87. The fraction of sp³-hybridized carbons (Fsp3) is 0.538. The predicted molar refractivity (Wildman–Crippen MR) is 142 cm³/mol. The molecule has 0 aromatic heterocycles. The van der Waals surface area contributed by atoms with E-state index in [2.05, 4.69) is 29.6 Å². The highest BCUT2D eigenvalue weighted by Gasteiger charge is 2.39. The van der Waals surface area contributed by atoms with Gasteiger partial charge in [0.15, 0.2) is 23.0 Å². The Morgan fingerprint density at radius 3 is 2.29 bits per heavy atom. The molecule has 2 aromatic carbocycles. The molecule has 2 N–H and O–H groups in total. The molecule has 188 valence electrons. The summed E-state index contributed by atoms with van der Waals surface area (Å²) in [6.45, 7) is 2.07. The summed E-state index contributed by atoms with van der Waals surface area (Å²) in [4.78, 5) is 0. The Labute approximate surface area is 212 Å². The highest BCUT2D eigenvalue weighted by atomic mass is 32.2. The number of ether oxygens (including phenoxy) is 4. The second-order valence-electron chi connectivity index (χ2n) is 8.17. The van der Waals surface area contributed by atoms with Crippen LogP contribution in [0.3, 0.4) is 0 Å². The summed E-state index contributed by atoms with van der Waals surface area (Å²) in [6, 6.07) is 12.3. The van der Waals surface area contributed by atoms with Crippen LogP contribution in [0.2, 0.25) is 0 Å². The number of rotatable bonds is 13. The molecule has 1 fully saturated rings. The molecule has 8 heteroatoms. The Hall–Kier alpha value is -1.74. The second-order valence-corrected chi connectivity index (χ2v) is 11.4. The van der Waals surface area contributed by atoms with Gasteiger partial charge in [0.1, 0.15) is 0 Å². The summed E-state index contributed by atoms with van der Waals surface area (Å²) in [5.41, 5.74) is 2.42. The van der Waals surface area contributed by atoms with Crippen molar-refractivity contribution in [3.05, 3.63) is 47.5 Å². The zero-order valence-corrected chi connectivity index (χ0v) is 22.2. The van der Waals surface area contributed by atoms with Crippen molar-refractivity contribution in [1.29, 1.82) is 0 Å². The molecule has 2 atom stereocenters. The van der Waals surface area contributed by atoms with Crippen molar-refractivity contribution in [1.82, 2.24) is 5.32 Å². The highest BCUT2D eigenvalue weighted by Crippen LogP contribution is 2.56. The third-order valence-corrected chi connectivity index (χ3v) is 9.58. The van der Waals surface area contributed by atoms with Crippen molar-refractivity contribution in [2.75, 3.05) is 53.9 Å². The van der Waals surface area contributed by atoms with Gasteiger partial charge < -0.3 is 29.4 Å². The summed E-state index contributed by atoms with van der Waals surface area (Å²) in [5.74, 6) is 4.06. The number of hydrogen-bond donors (Lipinski definition) is 2. The first-order chi connectivity index (χ1) is 16.6. The van der Waals surface area contributed by atoms with Crippen LogP contribution in [0.15, 0.2) is 36.4 Å². The lowest BCUT2D eigenvalue weighted by Crippen LogP contribution is -2.34. The molecule has 0 spiro atoms. The third kappa shape index (κ3) is 6.68. The number of nitrogens with one attached hydrogen (secondary N) is 1. The zero-order chi connectivity index (χ0) is 24.4. The van der Waals surface area contributed by atoms with Gasteiger partial charge in [-0.3, -0.25) is 0 Å².